The number of aliphatic hydroxyl groups excluding tert-OH is 1. The van der Waals surface area contributed by atoms with Gasteiger partial charge in [0.1, 0.15) is 5.41 Å². The van der Waals surface area contributed by atoms with E-state index in [-0.39, 0.29) is 11.8 Å². The molecule has 8 nitrogen and oxygen atoms in total. The zero-order valence-corrected chi connectivity index (χ0v) is 23.4. The predicted molar refractivity (Wildman–Crippen MR) is 150 cm³/mol. The van der Waals surface area contributed by atoms with E-state index in [1.54, 1.807) is 13.8 Å². The topological polar surface area (TPSA) is 107 Å². The maximum absolute atomic E-state index is 12.5. The zero-order chi connectivity index (χ0) is 28.6. The Morgan fingerprint density at radius 3 is 2.10 bits per heavy atom. The molecule has 8 heteroatoms. The van der Waals surface area contributed by atoms with E-state index in [4.69, 9.17) is 0 Å². The molecule has 0 spiro atoms. The van der Waals surface area contributed by atoms with Crippen LogP contribution in [0, 0.1) is 5.41 Å². The van der Waals surface area contributed by atoms with Gasteiger partial charge in [-0.3, -0.25) is 29.5 Å². The Balaban J connectivity index is 0.000000255. The Bertz CT molecular complexity index is 1130. The molecule has 210 valence electrons. The molecule has 0 aliphatic carbocycles. The summed E-state index contributed by atoms with van der Waals surface area (Å²) < 4.78 is 0. The number of benzene rings is 2. The van der Waals surface area contributed by atoms with Crippen LogP contribution in [0.3, 0.4) is 0 Å². The van der Waals surface area contributed by atoms with Gasteiger partial charge in [-0.05, 0) is 44.7 Å². The van der Waals surface area contributed by atoms with Crippen LogP contribution in [0.4, 0.5) is 4.79 Å². The van der Waals surface area contributed by atoms with Crippen molar-refractivity contribution in [2.24, 2.45) is 5.41 Å². The summed E-state index contributed by atoms with van der Waals surface area (Å²) in [5.41, 5.74) is 0.712. The number of ketones is 1. The summed E-state index contributed by atoms with van der Waals surface area (Å²) in [6, 6.07) is 19.3. The second-order valence-corrected chi connectivity index (χ2v) is 10.5. The van der Waals surface area contributed by atoms with Crippen molar-refractivity contribution in [2.45, 2.75) is 77.0 Å². The summed E-state index contributed by atoms with van der Waals surface area (Å²) in [5.74, 6) is -0.673. The van der Waals surface area contributed by atoms with Gasteiger partial charge in [-0.15, -0.1) is 0 Å². The number of likely N-dealkylation sites (tertiary alicyclic amines) is 1. The summed E-state index contributed by atoms with van der Waals surface area (Å²) in [5, 5.41) is 12.7. The van der Waals surface area contributed by atoms with Gasteiger partial charge in [0.15, 0.2) is 5.78 Å². The third-order valence-corrected chi connectivity index (χ3v) is 8.30. The van der Waals surface area contributed by atoms with E-state index < -0.39 is 29.4 Å². The van der Waals surface area contributed by atoms with Crippen LogP contribution in [0.5, 0.6) is 0 Å². The number of imide groups is 2. The quantitative estimate of drug-likeness (QED) is 0.374. The third kappa shape index (κ3) is 6.99. The van der Waals surface area contributed by atoms with Crippen LogP contribution in [-0.2, 0) is 9.59 Å². The Morgan fingerprint density at radius 1 is 0.949 bits per heavy atom. The molecule has 0 bridgehead atoms. The Labute approximate surface area is 231 Å². The molecule has 2 N–H and O–H groups in total. The minimum atomic E-state index is -1.05. The highest BCUT2D eigenvalue weighted by Crippen LogP contribution is 2.32. The van der Waals surface area contributed by atoms with Crippen LogP contribution in [-0.4, -0.2) is 64.7 Å². The average molecular weight is 536 g/mol. The SMILES string of the molecule is CCC1(CC)C(=O)NC(=O)N(C)C1=O.CN1[C@@H](CC(=O)c2ccccc2)CCC[C@H]1C[C@H](O)c1ccccc1. The molecule has 0 unspecified atom stereocenters. The number of rotatable bonds is 8. The first kappa shape index (κ1) is 30.2. The summed E-state index contributed by atoms with van der Waals surface area (Å²) in [6.45, 7) is 3.54. The van der Waals surface area contributed by atoms with Gasteiger partial charge in [0.25, 0.3) is 0 Å². The molecule has 2 aromatic rings. The van der Waals surface area contributed by atoms with E-state index >= 15 is 0 Å². The second-order valence-electron chi connectivity index (χ2n) is 10.5. The molecule has 3 atom stereocenters. The van der Waals surface area contributed by atoms with E-state index in [0.717, 1.165) is 41.7 Å². The van der Waals surface area contributed by atoms with E-state index in [1.165, 1.54) is 7.05 Å². The predicted octanol–water partition coefficient (Wildman–Crippen LogP) is 4.74. The van der Waals surface area contributed by atoms with E-state index in [0.29, 0.717) is 25.3 Å². The lowest BCUT2D eigenvalue weighted by Gasteiger charge is -2.40. The fourth-order valence-electron chi connectivity index (χ4n) is 5.53. The van der Waals surface area contributed by atoms with Gasteiger partial charge in [-0.2, -0.15) is 0 Å². The molecule has 39 heavy (non-hydrogen) atoms. The minimum absolute atomic E-state index is 0.210. The highest BCUT2D eigenvalue weighted by Gasteiger charge is 2.50. The van der Waals surface area contributed by atoms with Crippen molar-refractivity contribution < 1.29 is 24.3 Å². The van der Waals surface area contributed by atoms with E-state index in [2.05, 4.69) is 17.3 Å². The van der Waals surface area contributed by atoms with Gasteiger partial charge in [-0.25, -0.2) is 4.79 Å². The normalized spacial score (nSPS) is 22.0. The first-order valence-corrected chi connectivity index (χ1v) is 13.8. The molecule has 4 rings (SSSR count). The van der Waals surface area contributed by atoms with Gasteiger partial charge in [0.2, 0.25) is 11.8 Å². The molecular formula is C31H41N3O5. The first-order chi connectivity index (χ1) is 18.6. The number of nitrogens with one attached hydrogen (secondary N) is 1. The van der Waals surface area contributed by atoms with Crippen molar-refractivity contribution in [1.29, 1.82) is 0 Å². The van der Waals surface area contributed by atoms with Crippen molar-refractivity contribution in [3.05, 3.63) is 71.8 Å². The summed E-state index contributed by atoms with van der Waals surface area (Å²) in [7, 11) is 3.48. The van der Waals surface area contributed by atoms with Crippen LogP contribution in [0.2, 0.25) is 0 Å². The van der Waals surface area contributed by atoms with Crippen molar-refractivity contribution in [2.75, 3.05) is 14.1 Å². The largest absolute Gasteiger partial charge is 0.388 e. The molecule has 2 fully saturated rings. The van der Waals surface area contributed by atoms with Crippen molar-refractivity contribution in [3.63, 3.8) is 0 Å². The molecule has 2 saturated heterocycles. The molecule has 4 amide bonds. The number of urea groups is 1. The summed E-state index contributed by atoms with van der Waals surface area (Å²) >= 11 is 0. The molecular weight excluding hydrogens is 494 g/mol. The van der Waals surface area contributed by atoms with Crippen molar-refractivity contribution in [1.82, 2.24) is 15.1 Å². The lowest BCUT2D eigenvalue weighted by atomic mass is 9.79. The van der Waals surface area contributed by atoms with E-state index in [9.17, 15) is 24.3 Å². The smallest absolute Gasteiger partial charge is 0.330 e. The minimum Gasteiger partial charge on any atom is -0.388 e. The summed E-state index contributed by atoms with van der Waals surface area (Å²) in [6.07, 6.45) is 4.89. The molecule has 0 radical (unpaired) electrons. The fourth-order valence-corrected chi connectivity index (χ4v) is 5.53. The zero-order valence-electron chi connectivity index (χ0n) is 23.4. The molecule has 0 aromatic heterocycles. The van der Waals surface area contributed by atoms with Crippen molar-refractivity contribution >= 4 is 23.6 Å². The fraction of sp³-hybridized carbons (Fsp3) is 0.484. The Hall–Kier alpha value is -3.36. The molecule has 2 aromatic carbocycles. The molecule has 2 aliphatic rings. The number of carbonyl (C=O) groups is 4. The number of carbonyl (C=O) groups excluding carboxylic acids is 4. The highest BCUT2D eigenvalue weighted by atomic mass is 16.3. The maximum Gasteiger partial charge on any atom is 0.330 e. The number of hydrogen-bond donors (Lipinski definition) is 2. The Kier molecular flexibility index (Phi) is 10.5. The maximum atomic E-state index is 12.5. The average Bonchev–Trinajstić information content (AvgIpc) is 2.96. The van der Waals surface area contributed by atoms with Crippen LogP contribution in [0.1, 0.15) is 80.8 Å². The number of Topliss-reactive ketones (excluding diaryl/α,β-unsaturated/α-hetero) is 1. The summed E-state index contributed by atoms with van der Waals surface area (Å²) in [4.78, 5) is 50.3. The standard InChI is InChI=1S/C22H27NO2.C9H14N2O3/c1-23-19(15-21(24)17-9-4-2-5-10-17)13-8-14-20(23)16-22(25)18-11-6-3-7-12-18;1-4-9(5-2)6(12)10-8(14)11(3)7(9)13/h2-7,9-12,19-21,24H,8,13-16H2,1H3;4-5H2,1-3H3,(H,10,12,14)/t19-,20+,21-;/m0./s1. The van der Waals surface area contributed by atoms with Crippen LogP contribution in [0.15, 0.2) is 60.7 Å². The third-order valence-electron chi connectivity index (χ3n) is 8.30. The lowest BCUT2D eigenvalue weighted by Crippen LogP contribution is -2.62. The van der Waals surface area contributed by atoms with Crippen LogP contribution >= 0.6 is 0 Å². The van der Waals surface area contributed by atoms with Gasteiger partial charge in [0.05, 0.1) is 6.10 Å². The van der Waals surface area contributed by atoms with Crippen LogP contribution < -0.4 is 5.32 Å². The lowest BCUT2D eigenvalue weighted by molar-refractivity contribution is -0.151. The molecule has 0 saturated carbocycles. The number of aliphatic hydroxyl groups is 1. The number of amides is 4. The monoisotopic (exact) mass is 535 g/mol. The van der Waals surface area contributed by atoms with Gasteiger partial charge in [-0.1, -0.05) is 80.9 Å². The number of piperidine rings is 1. The molecule has 2 aliphatic heterocycles. The first-order valence-electron chi connectivity index (χ1n) is 13.8. The highest BCUT2D eigenvalue weighted by molar-refractivity contribution is 6.18. The number of nitrogens with zero attached hydrogens (tertiary/aromatic N) is 2. The number of hydrogen-bond acceptors (Lipinski definition) is 6. The number of barbiturate groups is 1. The van der Waals surface area contributed by atoms with Gasteiger partial charge in [0, 0.05) is 31.1 Å². The van der Waals surface area contributed by atoms with E-state index in [1.807, 2.05) is 60.7 Å². The second kappa shape index (κ2) is 13.6. The molecule has 2 heterocycles. The van der Waals surface area contributed by atoms with Crippen molar-refractivity contribution in [3.8, 4) is 0 Å². The van der Waals surface area contributed by atoms with Gasteiger partial charge < -0.3 is 5.11 Å². The Morgan fingerprint density at radius 2 is 1.51 bits per heavy atom. The van der Waals surface area contributed by atoms with Crippen LogP contribution in [0.25, 0.3) is 0 Å². The van der Waals surface area contributed by atoms with Gasteiger partial charge >= 0.3 is 6.03 Å².